The number of amides is 1. The van der Waals surface area contributed by atoms with Gasteiger partial charge in [-0.1, -0.05) is 26.8 Å². The Labute approximate surface area is 127 Å². The second-order valence-corrected chi connectivity index (χ2v) is 6.25. The topological polar surface area (TPSA) is 62.5 Å². The number of hydrogen-bond acceptors (Lipinski definition) is 4. The monoisotopic (exact) mass is 290 g/mol. The average molecular weight is 290 g/mol. The minimum atomic E-state index is -0.261. The second kappa shape index (κ2) is 6.43. The third kappa shape index (κ3) is 3.53. The van der Waals surface area contributed by atoms with Gasteiger partial charge in [0.25, 0.3) is 0 Å². The van der Waals surface area contributed by atoms with Gasteiger partial charge in [-0.05, 0) is 18.1 Å². The van der Waals surface area contributed by atoms with Gasteiger partial charge >= 0.3 is 0 Å². The Bertz CT molecular complexity index is 476. The van der Waals surface area contributed by atoms with E-state index >= 15 is 0 Å². The third-order valence-corrected chi connectivity index (χ3v) is 4.40. The molecule has 2 N–H and O–H groups in total. The van der Waals surface area contributed by atoms with Gasteiger partial charge in [0.15, 0.2) is 0 Å². The van der Waals surface area contributed by atoms with Crippen molar-refractivity contribution in [3.05, 3.63) is 23.9 Å². The first-order valence-electron chi connectivity index (χ1n) is 7.67. The Kier molecular flexibility index (Phi) is 4.83. The molecule has 2 rings (SSSR count). The van der Waals surface area contributed by atoms with Crippen LogP contribution < -0.4 is 10.6 Å². The van der Waals surface area contributed by atoms with Gasteiger partial charge in [-0.25, -0.2) is 4.98 Å². The summed E-state index contributed by atoms with van der Waals surface area (Å²) in [6, 6.07) is 4.02. The lowest BCUT2D eigenvalue weighted by Crippen LogP contribution is -2.52. The molecule has 0 bridgehead atoms. The first-order chi connectivity index (χ1) is 9.97. The SMILES string of the molecule is CCC(C)(C)C(=O)N1CCN(c2ccc(CN)cn2)CC1. The van der Waals surface area contributed by atoms with E-state index in [2.05, 4.69) is 16.8 Å². The van der Waals surface area contributed by atoms with Crippen LogP contribution in [0.2, 0.25) is 0 Å². The van der Waals surface area contributed by atoms with E-state index in [4.69, 9.17) is 5.73 Å². The first-order valence-corrected chi connectivity index (χ1v) is 7.67. The van der Waals surface area contributed by atoms with Crippen LogP contribution in [0, 0.1) is 5.41 Å². The quantitative estimate of drug-likeness (QED) is 0.915. The second-order valence-electron chi connectivity index (χ2n) is 6.25. The first kappa shape index (κ1) is 15.8. The largest absolute Gasteiger partial charge is 0.353 e. The molecule has 1 fully saturated rings. The zero-order valence-corrected chi connectivity index (χ0v) is 13.3. The summed E-state index contributed by atoms with van der Waals surface area (Å²) in [5.41, 5.74) is 6.36. The molecule has 0 saturated carbocycles. The summed E-state index contributed by atoms with van der Waals surface area (Å²) < 4.78 is 0. The zero-order chi connectivity index (χ0) is 15.5. The number of nitrogens with zero attached hydrogens (tertiary/aromatic N) is 3. The molecule has 0 radical (unpaired) electrons. The van der Waals surface area contributed by atoms with Crippen molar-refractivity contribution in [2.24, 2.45) is 11.1 Å². The number of piperazine rings is 1. The highest BCUT2D eigenvalue weighted by Crippen LogP contribution is 2.24. The molecule has 0 aromatic carbocycles. The van der Waals surface area contributed by atoms with Crippen molar-refractivity contribution >= 4 is 11.7 Å². The molecule has 1 saturated heterocycles. The summed E-state index contributed by atoms with van der Waals surface area (Å²) in [4.78, 5) is 21.1. The Morgan fingerprint density at radius 3 is 2.43 bits per heavy atom. The molecule has 0 spiro atoms. The normalized spacial score (nSPS) is 16.2. The minimum absolute atomic E-state index is 0.260. The molecule has 0 aliphatic carbocycles. The van der Waals surface area contributed by atoms with E-state index in [0.717, 1.165) is 44.0 Å². The lowest BCUT2D eigenvalue weighted by atomic mass is 9.88. The van der Waals surface area contributed by atoms with Crippen molar-refractivity contribution in [3.63, 3.8) is 0 Å². The van der Waals surface area contributed by atoms with E-state index < -0.39 is 0 Å². The van der Waals surface area contributed by atoms with Crippen molar-refractivity contribution in [2.45, 2.75) is 33.7 Å². The molecule has 116 valence electrons. The van der Waals surface area contributed by atoms with E-state index in [0.29, 0.717) is 6.54 Å². The molecule has 0 unspecified atom stereocenters. The van der Waals surface area contributed by atoms with Crippen LogP contribution in [-0.2, 0) is 11.3 Å². The van der Waals surface area contributed by atoms with Crippen molar-refractivity contribution in [1.82, 2.24) is 9.88 Å². The zero-order valence-electron chi connectivity index (χ0n) is 13.3. The standard InChI is InChI=1S/C16H26N4O/c1-4-16(2,3)15(21)20-9-7-19(8-10-20)14-6-5-13(11-17)12-18-14/h5-6,12H,4,7-11,17H2,1-3H3. The predicted octanol–water partition coefficient (Wildman–Crippen LogP) is 1.63. The van der Waals surface area contributed by atoms with E-state index in [-0.39, 0.29) is 11.3 Å². The van der Waals surface area contributed by atoms with Crippen LogP contribution in [0.3, 0.4) is 0 Å². The average Bonchev–Trinajstić information content (AvgIpc) is 2.54. The lowest BCUT2D eigenvalue weighted by molar-refractivity contribution is -0.140. The summed E-state index contributed by atoms with van der Waals surface area (Å²) in [7, 11) is 0. The Morgan fingerprint density at radius 1 is 1.29 bits per heavy atom. The maximum absolute atomic E-state index is 12.5. The number of aromatic nitrogens is 1. The molecule has 1 aromatic heterocycles. The molecule has 1 amide bonds. The summed E-state index contributed by atoms with van der Waals surface area (Å²) in [5.74, 6) is 1.23. The molecular weight excluding hydrogens is 264 g/mol. The van der Waals surface area contributed by atoms with Crippen LogP contribution in [0.4, 0.5) is 5.82 Å². The van der Waals surface area contributed by atoms with Crippen molar-refractivity contribution in [1.29, 1.82) is 0 Å². The Morgan fingerprint density at radius 2 is 1.95 bits per heavy atom. The highest BCUT2D eigenvalue weighted by molar-refractivity contribution is 5.82. The molecule has 1 aliphatic rings. The van der Waals surface area contributed by atoms with Crippen LogP contribution in [0.15, 0.2) is 18.3 Å². The van der Waals surface area contributed by atoms with Gasteiger partial charge in [-0.2, -0.15) is 0 Å². The molecule has 5 nitrogen and oxygen atoms in total. The van der Waals surface area contributed by atoms with Gasteiger partial charge in [-0.3, -0.25) is 4.79 Å². The third-order valence-electron chi connectivity index (χ3n) is 4.40. The molecule has 1 aliphatic heterocycles. The Hall–Kier alpha value is -1.62. The summed E-state index contributed by atoms with van der Waals surface area (Å²) in [5, 5.41) is 0. The Balaban J connectivity index is 1.95. The number of carbonyl (C=O) groups excluding carboxylic acids is 1. The lowest BCUT2D eigenvalue weighted by Gasteiger charge is -2.38. The maximum Gasteiger partial charge on any atom is 0.228 e. The summed E-state index contributed by atoms with van der Waals surface area (Å²) >= 11 is 0. The van der Waals surface area contributed by atoms with E-state index in [1.807, 2.05) is 37.1 Å². The minimum Gasteiger partial charge on any atom is -0.353 e. The number of rotatable bonds is 4. The van der Waals surface area contributed by atoms with Gasteiger partial charge in [-0.15, -0.1) is 0 Å². The molecule has 5 heteroatoms. The number of hydrogen-bond donors (Lipinski definition) is 1. The van der Waals surface area contributed by atoms with Crippen LogP contribution in [0.1, 0.15) is 32.8 Å². The highest BCUT2D eigenvalue weighted by Gasteiger charge is 2.32. The molecule has 2 heterocycles. The van der Waals surface area contributed by atoms with Gasteiger partial charge in [0, 0.05) is 44.3 Å². The number of carbonyl (C=O) groups is 1. The van der Waals surface area contributed by atoms with Gasteiger partial charge in [0.2, 0.25) is 5.91 Å². The van der Waals surface area contributed by atoms with Crippen molar-refractivity contribution < 1.29 is 4.79 Å². The van der Waals surface area contributed by atoms with Gasteiger partial charge in [0.05, 0.1) is 0 Å². The van der Waals surface area contributed by atoms with E-state index in [1.165, 1.54) is 0 Å². The fourth-order valence-electron chi connectivity index (χ4n) is 2.44. The number of anilines is 1. The van der Waals surface area contributed by atoms with E-state index in [9.17, 15) is 4.79 Å². The number of nitrogens with two attached hydrogens (primary N) is 1. The summed E-state index contributed by atoms with van der Waals surface area (Å²) in [6.45, 7) is 9.83. The van der Waals surface area contributed by atoms with Crippen LogP contribution in [-0.4, -0.2) is 42.0 Å². The molecule has 21 heavy (non-hydrogen) atoms. The van der Waals surface area contributed by atoms with Gasteiger partial charge in [0.1, 0.15) is 5.82 Å². The van der Waals surface area contributed by atoms with Crippen molar-refractivity contribution in [3.8, 4) is 0 Å². The number of pyridine rings is 1. The van der Waals surface area contributed by atoms with Crippen LogP contribution >= 0.6 is 0 Å². The molecular formula is C16H26N4O. The van der Waals surface area contributed by atoms with E-state index in [1.54, 1.807) is 0 Å². The van der Waals surface area contributed by atoms with Crippen LogP contribution in [0.5, 0.6) is 0 Å². The van der Waals surface area contributed by atoms with Crippen LogP contribution in [0.25, 0.3) is 0 Å². The fraction of sp³-hybridized carbons (Fsp3) is 0.625. The summed E-state index contributed by atoms with van der Waals surface area (Å²) in [6.07, 6.45) is 2.70. The predicted molar refractivity (Wildman–Crippen MR) is 85.0 cm³/mol. The van der Waals surface area contributed by atoms with Crippen molar-refractivity contribution in [2.75, 3.05) is 31.1 Å². The fourth-order valence-corrected chi connectivity index (χ4v) is 2.44. The molecule has 1 aromatic rings. The highest BCUT2D eigenvalue weighted by atomic mass is 16.2. The molecule has 0 atom stereocenters. The van der Waals surface area contributed by atoms with Gasteiger partial charge < -0.3 is 15.5 Å². The smallest absolute Gasteiger partial charge is 0.228 e. The maximum atomic E-state index is 12.5.